The van der Waals surface area contributed by atoms with E-state index in [1.165, 1.54) is 12.1 Å². The lowest BCUT2D eigenvalue weighted by molar-refractivity contribution is 0.425. The largest absolute Gasteiger partial charge is 0.488 e. The van der Waals surface area contributed by atoms with Crippen LogP contribution in [0.25, 0.3) is 0 Å². The van der Waals surface area contributed by atoms with Crippen LogP contribution in [0.5, 0.6) is 0 Å². The number of hydrogen-bond acceptors (Lipinski definition) is 2. The molecule has 0 aromatic heterocycles. The van der Waals surface area contributed by atoms with Crippen molar-refractivity contribution in [3.63, 3.8) is 0 Å². The molecular weight excluding hydrogens is 158 g/mol. The van der Waals surface area contributed by atoms with Gasteiger partial charge in [0.25, 0.3) is 0 Å². The number of halogens is 1. The Hall–Kier alpha value is -0.865. The van der Waals surface area contributed by atoms with Crippen LogP contribution in [-0.4, -0.2) is 17.2 Å². The Kier molecular flexibility index (Phi) is 2.50. The monoisotopic (exact) mass is 168 g/mol. The first-order chi connectivity index (χ1) is 5.52. The highest BCUT2D eigenvalue weighted by molar-refractivity contribution is 6.59. The summed E-state index contributed by atoms with van der Waals surface area (Å²) in [4.78, 5) is 0. The van der Waals surface area contributed by atoms with Gasteiger partial charge in [0, 0.05) is 0 Å². The van der Waals surface area contributed by atoms with Gasteiger partial charge in [-0.15, -0.1) is 0 Å². The first kappa shape index (κ1) is 9.22. The molecule has 0 radical (unpaired) electrons. The van der Waals surface area contributed by atoms with E-state index in [9.17, 15) is 4.39 Å². The maximum absolute atomic E-state index is 12.9. The molecule has 0 bridgehead atoms. The van der Waals surface area contributed by atoms with Gasteiger partial charge in [0.15, 0.2) is 0 Å². The van der Waals surface area contributed by atoms with E-state index < -0.39 is 7.12 Å². The quantitative estimate of drug-likeness (QED) is 0.584. The number of aryl methyl sites for hydroxylation is 2. The van der Waals surface area contributed by atoms with Crippen molar-refractivity contribution in [3.05, 3.63) is 29.1 Å². The molecule has 1 aromatic rings. The van der Waals surface area contributed by atoms with Crippen LogP contribution < -0.4 is 5.46 Å². The van der Waals surface area contributed by atoms with Crippen molar-refractivity contribution >= 4 is 12.6 Å². The predicted octanol–water partition coefficient (Wildman–Crippen LogP) is 0.122. The second-order valence-electron chi connectivity index (χ2n) is 2.83. The summed E-state index contributed by atoms with van der Waals surface area (Å²) in [6.45, 7) is 3.22. The van der Waals surface area contributed by atoms with Crippen molar-refractivity contribution in [1.29, 1.82) is 0 Å². The van der Waals surface area contributed by atoms with E-state index in [0.717, 1.165) is 0 Å². The van der Waals surface area contributed by atoms with Crippen molar-refractivity contribution < 1.29 is 14.4 Å². The summed E-state index contributed by atoms with van der Waals surface area (Å²) in [5.74, 6) is -0.322. The van der Waals surface area contributed by atoms with Crippen molar-refractivity contribution in [2.45, 2.75) is 13.8 Å². The summed E-state index contributed by atoms with van der Waals surface area (Å²) in [7, 11) is -1.52. The van der Waals surface area contributed by atoms with Crippen LogP contribution in [0.2, 0.25) is 0 Å². The summed E-state index contributed by atoms with van der Waals surface area (Å²) in [5, 5.41) is 17.7. The van der Waals surface area contributed by atoms with E-state index in [0.29, 0.717) is 16.6 Å². The molecule has 0 spiro atoms. The van der Waals surface area contributed by atoms with Crippen LogP contribution in [0.4, 0.5) is 4.39 Å². The molecule has 1 aromatic carbocycles. The first-order valence-electron chi connectivity index (χ1n) is 3.65. The second kappa shape index (κ2) is 3.25. The summed E-state index contributed by atoms with van der Waals surface area (Å²) >= 11 is 0. The van der Waals surface area contributed by atoms with Crippen molar-refractivity contribution in [3.8, 4) is 0 Å². The molecule has 0 aliphatic heterocycles. The fraction of sp³-hybridized carbons (Fsp3) is 0.250. The standard InChI is InChI=1S/C8H10BFO2/c1-5-4-8(10)6(2)3-7(5)9(11)12/h3-4,11-12H,1-2H3. The van der Waals surface area contributed by atoms with Gasteiger partial charge in [-0.1, -0.05) is 6.07 Å². The van der Waals surface area contributed by atoms with E-state index in [2.05, 4.69) is 0 Å². The maximum atomic E-state index is 12.9. The van der Waals surface area contributed by atoms with Crippen molar-refractivity contribution in [1.82, 2.24) is 0 Å². The molecule has 0 saturated carbocycles. The average molecular weight is 168 g/mol. The van der Waals surface area contributed by atoms with Crippen molar-refractivity contribution in [2.75, 3.05) is 0 Å². The van der Waals surface area contributed by atoms with Gasteiger partial charge in [-0.2, -0.15) is 0 Å². The van der Waals surface area contributed by atoms with E-state index in [-0.39, 0.29) is 5.82 Å². The third-order valence-corrected chi connectivity index (χ3v) is 1.83. The molecule has 0 heterocycles. The lowest BCUT2D eigenvalue weighted by atomic mass is 9.76. The van der Waals surface area contributed by atoms with Crippen LogP contribution in [-0.2, 0) is 0 Å². The summed E-state index contributed by atoms with van der Waals surface area (Å²) < 4.78 is 12.9. The van der Waals surface area contributed by atoms with Crippen LogP contribution in [0.15, 0.2) is 12.1 Å². The highest BCUT2D eigenvalue weighted by Crippen LogP contribution is 2.06. The molecule has 4 heteroatoms. The lowest BCUT2D eigenvalue weighted by Crippen LogP contribution is -2.32. The molecule has 2 nitrogen and oxygen atoms in total. The Labute approximate surface area is 70.8 Å². The minimum absolute atomic E-state index is 0.322. The Bertz CT molecular complexity index is 299. The fourth-order valence-electron chi connectivity index (χ4n) is 1.08. The predicted molar refractivity (Wildman–Crippen MR) is 45.7 cm³/mol. The topological polar surface area (TPSA) is 40.5 Å². The van der Waals surface area contributed by atoms with Gasteiger partial charge in [0.05, 0.1) is 0 Å². The number of hydrogen-bond donors (Lipinski definition) is 2. The van der Waals surface area contributed by atoms with Crippen LogP contribution in [0.1, 0.15) is 11.1 Å². The van der Waals surface area contributed by atoms with E-state index in [1.54, 1.807) is 13.8 Å². The van der Waals surface area contributed by atoms with Gasteiger partial charge in [-0.25, -0.2) is 4.39 Å². The molecule has 12 heavy (non-hydrogen) atoms. The third kappa shape index (κ3) is 1.65. The molecule has 64 valence electrons. The molecule has 0 unspecified atom stereocenters. The highest BCUT2D eigenvalue weighted by atomic mass is 19.1. The number of benzene rings is 1. The van der Waals surface area contributed by atoms with E-state index in [4.69, 9.17) is 10.0 Å². The van der Waals surface area contributed by atoms with Gasteiger partial charge in [-0.05, 0) is 36.5 Å². The molecule has 0 amide bonds. The minimum atomic E-state index is -1.52. The molecule has 0 saturated heterocycles. The molecule has 0 aliphatic carbocycles. The van der Waals surface area contributed by atoms with Crippen LogP contribution in [0.3, 0.4) is 0 Å². The fourth-order valence-corrected chi connectivity index (χ4v) is 1.08. The Balaban J connectivity index is 3.23. The normalized spacial score (nSPS) is 10.1. The highest BCUT2D eigenvalue weighted by Gasteiger charge is 2.15. The summed E-state index contributed by atoms with van der Waals surface area (Å²) in [6, 6.07) is 2.74. The smallest absolute Gasteiger partial charge is 0.423 e. The van der Waals surface area contributed by atoms with Gasteiger partial charge in [0.2, 0.25) is 0 Å². The zero-order valence-electron chi connectivity index (χ0n) is 7.00. The molecule has 2 N–H and O–H groups in total. The summed E-state index contributed by atoms with van der Waals surface area (Å²) in [6.07, 6.45) is 0. The van der Waals surface area contributed by atoms with E-state index in [1.807, 2.05) is 0 Å². The van der Waals surface area contributed by atoms with Gasteiger partial charge in [-0.3, -0.25) is 0 Å². The zero-order valence-corrected chi connectivity index (χ0v) is 7.00. The SMILES string of the molecule is Cc1cc(B(O)O)c(C)cc1F. The van der Waals surface area contributed by atoms with Gasteiger partial charge >= 0.3 is 7.12 Å². The summed E-state index contributed by atoms with van der Waals surface area (Å²) in [5.41, 5.74) is 1.32. The average Bonchev–Trinajstić information content (AvgIpc) is 1.96. The zero-order chi connectivity index (χ0) is 9.30. The molecule has 0 fully saturated rings. The molecule has 0 atom stereocenters. The first-order valence-corrected chi connectivity index (χ1v) is 3.65. The van der Waals surface area contributed by atoms with E-state index >= 15 is 0 Å². The number of rotatable bonds is 1. The Morgan fingerprint density at radius 3 is 2.25 bits per heavy atom. The van der Waals surface area contributed by atoms with Gasteiger partial charge in [0.1, 0.15) is 5.82 Å². The Morgan fingerprint density at radius 2 is 1.75 bits per heavy atom. The minimum Gasteiger partial charge on any atom is -0.423 e. The molecule has 0 aliphatic rings. The lowest BCUT2D eigenvalue weighted by Gasteiger charge is -2.06. The maximum Gasteiger partial charge on any atom is 0.488 e. The van der Waals surface area contributed by atoms with Gasteiger partial charge < -0.3 is 10.0 Å². The molecular formula is C8H10BFO2. The van der Waals surface area contributed by atoms with Crippen LogP contribution >= 0.6 is 0 Å². The Morgan fingerprint density at radius 1 is 1.17 bits per heavy atom. The molecule has 1 rings (SSSR count). The second-order valence-corrected chi connectivity index (χ2v) is 2.83. The third-order valence-electron chi connectivity index (χ3n) is 1.83. The van der Waals surface area contributed by atoms with Crippen molar-refractivity contribution in [2.24, 2.45) is 0 Å². The van der Waals surface area contributed by atoms with Crippen LogP contribution in [0, 0.1) is 19.7 Å².